The van der Waals surface area contributed by atoms with E-state index in [9.17, 15) is 4.79 Å². The van der Waals surface area contributed by atoms with Crippen LogP contribution in [0, 0.1) is 0 Å². The molecule has 0 saturated carbocycles. The molecule has 0 aliphatic carbocycles. The summed E-state index contributed by atoms with van der Waals surface area (Å²) in [5.41, 5.74) is 10.2. The van der Waals surface area contributed by atoms with Gasteiger partial charge in [0.1, 0.15) is 6.61 Å². The Bertz CT molecular complexity index is 1130. The number of aryl methyl sites for hydroxylation is 1. The molecule has 40 heavy (non-hydrogen) atoms. The van der Waals surface area contributed by atoms with Crippen molar-refractivity contribution < 1.29 is 9.47 Å². The minimum absolute atomic E-state index is 0.114. The van der Waals surface area contributed by atoms with E-state index in [1.54, 1.807) is 0 Å². The van der Waals surface area contributed by atoms with Crippen molar-refractivity contribution in [2.45, 2.75) is 131 Å². The van der Waals surface area contributed by atoms with E-state index in [0.717, 1.165) is 49.4 Å². The van der Waals surface area contributed by atoms with E-state index >= 15 is 0 Å². The quantitative estimate of drug-likeness (QED) is 0.0951. The zero-order valence-electron chi connectivity index (χ0n) is 26.2. The maximum absolute atomic E-state index is 13.9. The molecule has 2 N–H and O–H groups in total. The van der Waals surface area contributed by atoms with Gasteiger partial charge in [0.05, 0.1) is 12.1 Å². The maximum Gasteiger partial charge on any atom is 0.297 e. The number of anilines is 1. The number of pyridine rings is 1. The first-order valence-corrected chi connectivity index (χ1v) is 15.9. The average molecular weight is 553 g/mol. The van der Waals surface area contributed by atoms with Crippen molar-refractivity contribution >= 4 is 16.6 Å². The lowest BCUT2D eigenvalue weighted by atomic mass is 10.1. The number of nitrogens with zero attached hydrogens (tertiary/aromatic N) is 1. The van der Waals surface area contributed by atoms with Crippen molar-refractivity contribution in [3.63, 3.8) is 0 Å². The molecule has 0 spiro atoms. The standard InChI is InChI=1S/C35H56N2O3/c1-6-8-10-12-14-16-24-37-32-27-30(36)21-22-31(32)33(40-26-23-29(5)20-18-19-28(3)4)34(35(37)38)39-25-17-15-13-11-9-7-2/h19,21-23,27H,6-18,20,24-26,36H2,1-5H3. The van der Waals surface area contributed by atoms with Gasteiger partial charge in [0.15, 0.2) is 5.75 Å². The second kappa shape index (κ2) is 19.4. The highest BCUT2D eigenvalue weighted by Gasteiger charge is 2.20. The Morgan fingerprint density at radius 2 is 1.48 bits per heavy atom. The third-order valence-corrected chi connectivity index (χ3v) is 7.43. The molecule has 5 heteroatoms. The molecule has 0 radical (unpaired) electrons. The van der Waals surface area contributed by atoms with Crippen LogP contribution in [0.3, 0.4) is 0 Å². The Kier molecular flexibility index (Phi) is 16.3. The highest BCUT2D eigenvalue weighted by molar-refractivity contribution is 5.90. The summed E-state index contributed by atoms with van der Waals surface area (Å²) in [5, 5.41) is 0.883. The number of fused-ring (bicyclic) bond motifs is 1. The molecule has 5 nitrogen and oxygen atoms in total. The molecule has 0 unspecified atom stereocenters. The van der Waals surface area contributed by atoms with Crippen LogP contribution in [-0.2, 0) is 6.54 Å². The number of unbranched alkanes of at least 4 members (excludes halogenated alkanes) is 10. The molecule has 0 bridgehead atoms. The fourth-order valence-electron chi connectivity index (χ4n) is 4.97. The molecule has 0 amide bonds. The summed E-state index contributed by atoms with van der Waals surface area (Å²) < 4.78 is 14.4. The minimum Gasteiger partial charge on any atom is -0.485 e. The van der Waals surface area contributed by atoms with Gasteiger partial charge in [-0.15, -0.1) is 0 Å². The molecular weight excluding hydrogens is 496 g/mol. The lowest BCUT2D eigenvalue weighted by Gasteiger charge is -2.19. The van der Waals surface area contributed by atoms with Gasteiger partial charge in [-0.1, -0.05) is 95.3 Å². The van der Waals surface area contributed by atoms with E-state index in [2.05, 4.69) is 46.8 Å². The Labute approximate surface area is 243 Å². The zero-order valence-corrected chi connectivity index (χ0v) is 26.2. The van der Waals surface area contributed by atoms with Crippen molar-refractivity contribution in [3.8, 4) is 11.5 Å². The summed E-state index contributed by atoms with van der Waals surface area (Å²) in [6.45, 7) is 12.4. The molecule has 0 atom stereocenters. The Morgan fingerprint density at radius 1 is 0.825 bits per heavy atom. The molecule has 0 aliphatic rings. The first kappa shape index (κ1) is 33.5. The van der Waals surface area contributed by atoms with E-state index in [4.69, 9.17) is 15.2 Å². The van der Waals surface area contributed by atoms with Gasteiger partial charge in [-0.2, -0.15) is 0 Å². The molecule has 0 fully saturated rings. The molecule has 224 valence electrons. The number of nitrogen functional groups attached to an aromatic ring is 1. The second-order valence-corrected chi connectivity index (χ2v) is 11.5. The van der Waals surface area contributed by atoms with Crippen LogP contribution in [0.1, 0.15) is 125 Å². The molecule has 2 aromatic rings. The third-order valence-electron chi connectivity index (χ3n) is 7.43. The van der Waals surface area contributed by atoms with Crippen molar-refractivity contribution in [1.82, 2.24) is 4.57 Å². The van der Waals surface area contributed by atoms with Crippen LogP contribution < -0.4 is 20.8 Å². The molecule has 0 saturated heterocycles. The lowest BCUT2D eigenvalue weighted by molar-refractivity contribution is 0.271. The van der Waals surface area contributed by atoms with Crippen molar-refractivity contribution in [2.75, 3.05) is 18.9 Å². The first-order valence-electron chi connectivity index (χ1n) is 15.9. The van der Waals surface area contributed by atoms with Gasteiger partial charge in [0.25, 0.3) is 5.56 Å². The number of ether oxygens (including phenoxy) is 2. The van der Waals surface area contributed by atoms with Crippen LogP contribution in [0.25, 0.3) is 10.9 Å². The van der Waals surface area contributed by atoms with Crippen molar-refractivity contribution in [3.05, 3.63) is 51.9 Å². The highest BCUT2D eigenvalue weighted by Crippen LogP contribution is 2.34. The Balaban J connectivity index is 2.30. The first-order chi connectivity index (χ1) is 19.4. The lowest BCUT2D eigenvalue weighted by Crippen LogP contribution is -2.24. The predicted molar refractivity (Wildman–Crippen MR) is 173 cm³/mol. The number of benzene rings is 1. The summed E-state index contributed by atoms with van der Waals surface area (Å²) in [4.78, 5) is 13.9. The minimum atomic E-state index is -0.114. The second-order valence-electron chi connectivity index (χ2n) is 11.5. The van der Waals surface area contributed by atoms with E-state index in [-0.39, 0.29) is 5.56 Å². The predicted octanol–water partition coefficient (Wildman–Crippen LogP) is 9.75. The van der Waals surface area contributed by atoms with E-state index in [0.29, 0.717) is 36.9 Å². The summed E-state index contributed by atoms with van der Waals surface area (Å²) >= 11 is 0. The number of hydrogen-bond donors (Lipinski definition) is 1. The van der Waals surface area contributed by atoms with Crippen LogP contribution in [0.2, 0.25) is 0 Å². The normalized spacial score (nSPS) is 11.7. The van der Waals surface area contributed by atoms with E-state index < -0.39 is 0 Å². The number of hydrogen-bond acceptors (Lipinski definition) is 4. The van der Waals surface area contributed by atoms with E-state index in [1.807, 2.05) is 22.8 Å². The molecule has 1 aromatic heterocycles. The summed E-state index contributed by atoms with van der Waals surface area (Å²) in [6.07, 6.45) is 20.4. The van der Waals surface area contributed by atoms with Crippen LogP contribution in [0.5, 0.6) is 11.5 Å². The summed E-state index contributed by atoms with van der Waals surface area (Å²) in [7, 11) is 0. The molecular formula is C35H56N2O3. The molecule has 1 aromatic carbocycles. The number of aromatic nitrogens is 1. The Morgan fingerprint density at radius 3 is 2.15 bits per heavy atom. The van der Waals surface area contributed by atoms with Gasteiger partial charge >= 0.3 is 0 Å². The zero-order chi connectivity index (χ0) is 29.2. The SMILES string of the molecule is CCCCCCCCOc1c(OCC=C(C)CCC=C(C)C)c2ccc(N)cc2n(CCCCCCCC)c1=O. The van der Waals surface area contributed by atoms with Gasteiger partial charge in [0, 0.05) is 17.6 Å². The fraction of sp³-hybridized carbons (Fsp3) is 0.629. The highest BCUT2D eigenvalue weighted by atomic mass is 16.5. The van der Waals surface area contributed by atoms with Crippen LogP contribution >= 0.6 is 0 Å². The van der Waals surface area contributed by atoms with Gasteiger partial charge in [-0.25, -0.2) is 0 Å². The van der Waals surface area contributed by atoms with Gasteiger partial charge in [0.2, 0.25) is 5.75 Å². The van der Waals surface area contributed by atoms with Crippen LogP contribution in [-0.4, -0.2) is 17.8 Å². The topological polar surface area (TPSA) is 66.5 Å². The van der Waals surface area contributed by atoms with Crippen LogP contribution in [0.15, 0.2) is 46.3 Å². The molecule has 0 aliphatic heterocycles. The van der Waals surface area contributed by atoms with E-state index in [1.165, 1.54) is 62.5 Å². The third kappa shape index (κ3) is 11.8. The number of rotatable bonds is 21. The van der Waals surface area contributed by atoms with Crippen molar-refractivity contribution in [2.24, 2.45) is 0 Å². The van der Waals surface area contributed by atoms with Gasteiger partial charge < -0.3 is 19.8 Å². The smallest absolute Gasteiger partial charge is 0.297 e. The number of nitrogens with two attached hydrogens (primary N) is 1. The number of allylic oxidation sites excluding steroid dienone is 3. The average Bonchev–Trinajstić information content (AvgIpc) is 2.92. The maximum atomic E-state index is 13.9. The van der Waals surface area contributed by atoms with Crippen molar-refractivity contribution in [1.29, 1.82) is 0 Å². The summed E-state index contributed by atoms with van der Waals surface area (Å²) in [6, 6.07) is 5.76. The summed E-state index contributed by atoms with van der Waals surface area (Å²) in [5.74, 6) is 0.880. The fourth-order valence-corrected chi connectivity index (χ4v) is 4.97. The molecule has 2 rings (SSSR count). The monoisotopic (exact) mass is 552 g/mol. The van der Waals surface area contributed by atoms with Gasteiger partial charge in [-0.05, 0) is 70.7 Å². The molecule has 1 heterocycles. The largest absolute Gasteiger partial charge is 0.485 e. The Hall–Kier alpha value is -2.69. The van der Waals surface area contributed by atoms with Crippen LogP contribution in [0.4, 0.5) is 5.69 Å². The van der Waals surface area contributed by atoms with Gasteiger partial charge in [-0.3, -0.25) is 4.79 Å².